The highest BCUT2D eigenvalue weighted by Crippen LogP contribution is 2.19. The van der Waals surface area contributed by atoms with Crippen LogP contribution in [-0.2, 0) is 0 Å². The zero-order valence-electron chi connectivity index (χ0n) is 11.5. The van der Waals surface area contributed by atoms with Crippen LogP contribution in [0.15, 0.2) is 12.4 Å². The van der Waals surface area contributed by atoms with Crippen LogP contribution in [0.5, 0.6) is 0 Å². The van der Waals surface area contributed by atoms with Crippen LogP contribution in [0.4, 0.5) is 5.82 Å². The first kappa shape index (κ1) is 14.4. The van der Waals surface area contributed by atoms with Gasteiger partial charge >= 0.3 is 0 Å². The molecule has 5 nitrogen and oxygen atoms in total. The third kappa shape index (κ3) is 3.98. The Labute approximate surface area is 108 Å². The number of hydrogen-bond donors (Lipinski definition) is 2. The van der Waals surface area contributed by atoms with Crippen molar-refractivity contribution < 1.29 is 4.79 Å². The molecule has 18 heavy (non-hydrogen) atoms. The lowest BCUT2D eigenvalue weighted by Gasteiger charge is -2.24. The SMILES string of the molecule is CC(C)C(CNC(=O)c1cncc(N)n1)C(C)C. The quantitative estimate of drug-likeness (QED) is 0.833. The van der Waals surface area contributed by atoms with Crippen LogP contribution in [0.3, 0.4) is 0 Å². The normalized spacial score (nSPS) is 11.3. The van der Waals surface area contributed by atoms with Gasteiger partial charge < -0.3 is 11.1 Å². The van der Waals surface area contributed by atoms with Gasteiger partial charge in [-0.1, -0.05) is 27.7 Å². The van der Waals surface area contributed by atoms with E-state index in [0.29, 0.717) is 24.3 Å². The number of hydrogen-bond acceptors (Lipinski definition) is 4. The Bertz CT molecular complexity index is 396. The zero-order valence-corrected chi connectivity index (χ0v) is 11.5. The molecule has 5 heteroatoms. The predicted molar refractivity (Wildman–Crippen MR) is 71.9 cm³/mol. The average molecular weight is 250 g/mol. The summed E-state index contributed by atoms with van der Waals surface area (Å²) in [6, 6.07) is 0. The summed E-state index contributed by atoms with van der Waals surface area (Å²) in [5.74, 6) is 1.53. The van der Waals surface area contributed by atoms with Gasteiger partial charge in [0, 0.05) is 6.54 Å². The van der Waals surface area contributed by atoms with Gasteiger partial charge in [-0.05, 0) is 17.8 Å². The fourth-order valence-corrected chi connectivity index (χ4v) is 2.03. The maximum Gasteiger partial charge on any atom is 0.271 e. The number of nitrogen functional groups attached to an aromatic ring is 1. The van der Waals surface area contributed by atoms with E-state index in [9.17, 15) is 4.79 Å². The van der Waals surface area contributed by atoms with Gasteiger partial charge in [0.25, 0.3) is 5.91 Å². The van der Waals surface area contributed by atoms with Gasteiger partial charge in [-0.3, -0.25) is 9.78 Å². The molecular formula is C13H22N4O. The second kappa shape index (κ2) is 6.33. The van der Waals surface area contributed by atoms with Crippen LogP contribution in [0.2, 0.25) is 0 Å². The highest BCUT2D eigenvalue weighted by molar-refractivity contribution is 5.92. The third-order valence-corrected chi connectivity index (χ3v) is 3.10. The van der Waals surface area contributed by atoms with Crippen LogP contribution in [0, 0.1) is 17.8 Å². The molecule has 0 unspecified atom stereocenters. The van der Waals surface area contributed by atoms with Crippen molar-refractivity contribution in [2.24, 2.45) is 17.8 Å². The number of aromatic nitrogens is 2. The molecule has 0 aliphatic carbocycles. The van der Waals surface area contributed by atoms with Gasteiger partial charge in [0.05, 0.1) is 12.4 Å². The fourth-order valence-electron chi connectivity index (χ4n) is 2.03. The highest BCUT2D eigenvalue weighted by Gasteiger charge is 2.19. The standard InChI is InChI=1S/C13H22N4O/c1-8(2)10(9(3)4)5-16-13(18)11-6-15-7-12(14)17-11/h6-10H,5H2,1-4H3,(H2,14,17)(H,16,18). The molecule has 0 fully saturated rings. The molecule has 0 radical (unpaired) electrons. The Morgan fingerprint density at radius 1 is 1.28 bits per heavy atom. The minimum atomic E-state index is -0.221. The number of amides is 1. The summed E-state index contributed by atoms with van der Waals surface area (Å²) in [6.07, 6.45) is 2.84. The number of nitrogens with two attached hydrogens (primary N) is 1. The molecule has 0 spiro atoms. The van der Waals surface area contributed by atoms with Crippen LogP contribution >= 0.6 is 0 Å². The Morgan fingerprint density at radius 3 is 2.39 bits per heavy atom. The lowest BCUT2D eigenvalue weighted by atomic mass is 9.85. The average Bonchev–Trinajstić information content (AvgIpc) is 2.28. The van der Waals surface area contributed by atoms with E-state index in [1.807, 2.05) is 0 Å². The Balaban J connectivity index is 2.60. The first-order valence-electron chi connectivity index (χ1n) is 6.27. The zero-order chi connectivity index (χ0) is 13.7. The molecule has 3 N–H and O–H groups in total. The first-order chi connectivity index (χ1) is 8.41. The number of anilines is 1. The van der Waals surface area contributed by atoms with Crippen LogP contribution in [0.25, 0.3) is 0 Å². The summed E-state index contributed by atoms with van der Waals surface area (Å²) in [5.41, 5.74) is 5.76. The van der Waals surface area contributed by atoms with Crippen molar-refractivity contribution in [1.82, 2.24) is 15.3 Å². The molecule has 0 saturated heterocycles. The second-order valence-corrected chi connectivity index (χ2v) is 5.19. The number of carbonyl (C=O) groups is 1. The summed E-state index contributed by atoms with van der Waals surface area (Å²) in [4.78, 5) is 19.7. The Morgan fingerprint density at radius 2 is 1.89 bits per heavy atom. The van der Waals surface area contributed by atoms with E-state index >= 15 is 0 Å². The van der Waals surface area contributed by atoms with Gasteiger partial charge in [0.1, 0.15) is 11.5 Å². The molecule has 0 aliphatic heterocycles. The lowest BCUT2D eigenvalue weighted by molar-refractivity contribution is 0.0932. The van der Waals surface area contributed by atoms with Crippen molar-refractivity contribution in [2.45, 2.75) is 27.7 Å². The Kier molecular flexibility index (Phi) is 5.07. The maximum atomic E-state index is 11.9. The van der Waals surface area contributed by atoms with E-state index < -0.39 is 0 Å². The van der Waals surface area contributed by atoms with Crippen molar-refractivity contribution in [1.29, 1.82) is 0 Å². The van der Waals surface area contributed by atoms with E-state index in [1.54, 1.807) is 0 Å². The van der Waals surface area contributed by atoms with Crippen LogP contribution in [0.1, 0.15) is 38.2 Å². The first-order valence-corrected chi connectivity index (χ1v) is 6.27. The van der Waals surface area contributed by atoms with Crippen molar-refractivity contribution >= 4 is 11.7 Å². The molecule has 0 bridgehead atoms. The summed E-state index contributed by atoms with van der Waals surface area (Å²) < 4.78 is 0. The molecule has 1 aromatic heterocycles. The van der Waals surface area contributed by atoms with E-state index in [0.717, 1.165) is 0 Å². The molecule has 1 rings (SSSR count). The second-order valence-electron chi connectivity index (χ2n) is 5.19. The number of carbonyl (C=O) groups excluding carboxylic acids is 1. The Hall–Kier alpha value is -1.65. The third-order valence-electron chi connectivity index (χ3n) is 3.10. The summed E-state index contributed by atoms with van der Waals surface area (Å²) in [7, 11) is 0. The van der Waals surface area contributed by atoms with Crippen LogP contribution < -0.4 is 11.1 Å². The van der Waals surface area contributed by atoms with Gasteiger partial charge in [-0.15, -0.1) is 0 Å². The van der Waals surface area contributed by atoms with E-state index in [2.05, 4.69) is 43.0 Å². The van der Waals surface area contributed by atoms with Gasteiger partial charge in [-0.2, -0.15) is 0 Å². The van der Waals surface area contributed by atoms with Crippen molar-refractivity contribution in [3.8, 4) is 0 Å². The van der Waals surface area contributed by atoms with Gasteiger partial charge in [-0.25, -0.2) is 4.98 Å². The largest absolute Gasteiger partial charge is 0.382 e. The molecule has 0 saturated carbocycles. The van der Waals surface area contributed by atoms with Crippen molar-refractivity contribution in [2.75, 3.05) is 12.3 Å². The molecule has 1 heterocycles. The minimum absolute atomic E-state index is 0.221. The molecule has 0 atom stereocenters. The summed E-state index contributed by atoms with van der Waals surface area (Å²) in [5, 5.41) is 2.89. The highest BCUT2D eigenvalue weighted by atomic mass is 16.1. The molecule has 0 aromatic carbocycles. The monoisotopic (exact) mass is 250 g/mol. The fraction of sp³-hybridized carbons (Fsp3) is 0.615. The number of nitrogens with one attached hydrogen (secondary N) is 1. The topological polar surface area (TPSA) is 80.9 Å². The molecule has 1 aromatic rings. The maximum absolute atomic E-state index is 11.9. The number of rotatable bonds is 5. The van der Waals surface area contributed by atoms with Crippen molar-refractivity contribution in [3.05, 3.63) is 18.1 Å². The molecule has 100 valence electrons. The molecule has 1 amide bonds. The molecule has 0 aliphatic rings. The van der Waals surface area contributed by atoms with E-state index in [4.69, 9.17) is 5.73 Å². The van der Waals surface area contributed by atoms with Gasteiger partial charge in [0.2, 0.25) is 0 Å². The molecular weight excluding hydrogens is 228 g/mol. The summed E-state index contributed by atoms with van der Waals surface area (Å²) >= 11 is 0. The van der Waals surface area contributed by atoms with E-state index in [-0.39, 0.29) is 17.4 Å². The van der Waals surface area contributed by atoms with Crippen LogP contribution in [-0.4, -0.2) is 22.4 Å². The summed E-state index contributed by atoms with van der Waals surface area (Å²) in [6.45, 7) is 9.30. The van der Waals surface area contributed by atoms with E-state index in [1.165, 1.54) is 12.4 Å². The van der Waals surface area contributed by atoms with Crippen molar-refractivity contribution in [3.63, 3.8) is 0 Å². The lowest BCUT2D eigenvalue weighted by Crippen LogP contribution is -2.34. The smallest absolute Gasteiger partial charge is 0.271 e. The minimum Gasteiger partial charge on any atom is -0.382 e. The number of nitrogens with zero attached hydrogens (tertiary/aromatic N) is 2. The van der Waals surface area contributed by atoms with Gasteiger partial charge in [0.15, 0.2) is 0 Å². The predicted octanol–water partition coefficient (Wildman–Crippen LogP) is 1.72.